The first-order chi connectivity index (χ1) is 17.4. The van der Waals surface area contributed by atoms with Crippen LogP contribution in [0.25, 0.3) is 27.7 Å². The van der Waals surface area contributed by atoms with E-state index in [1.54, 1.807) is 14.2 Å². The van der Waals surface area contributed by atoms with Gasteiger partial charge in [0.05, 0.1) is 41.3 Å². The predicted molar refractivity (Wildman–Crippen MR) is 144 cm³/mol. The summed E-state index contributed by atoms with van der Waals surface area (Å²) in [5, 5.41) is 16.0. The monoisotopic (exact) mass is 477 g/mol. The summed E-state index contributed by atoms with van der Waals surface area (Å²) in [6.07, 6.45) is 0. The van der Waals surface area contributed by atoms with Gasteiger partial charge < -0.3 is 19.7 Å². The van der Waals surface area contributed by atoms with E-state index in [1.807, 2.05) is 49.4 Å². The van der Waals surface area contributed by atoms with Crippen LogP contribution in [-0.2, 0) is 7.05 Å². The molecule has 1 atom stereocenters. The molecule has 0 bridgehead atoms. The van der Waals surface area contributed by atoms with Crippen LogP contribution in [-0.4, -0.2) is 21.4 Å². The average Bonchev–Trinajstić information content (AvgIpc) is 3.27. The summed E-state index contributed by atoms with van der Waals surface area (Å²) >= 11 is 0. The first-order valence-electron chi connectivity index (χ1n) is 11.9. The van der Waals surface area contributed by atoms with Gasteiger partial charge in [0.15, 0.2) is 5.88 Å². The molecule has 2 aromatic heterocycles. The first kappa shape index (κ1) is 22.0. The van der Waals surface area contributed by atoms with Crippen LogP contribution < -0.4 is 15.6 Å². The van der Waals surface area contributed by atoms with Crippen molar-refractivity contribution in [3.8, 4) is 28.6 Å². The number of benzene rings is 3. The number of hydrogen-bond donors (Lipinski definition) is 2. The average molecular weight is 478 g/mol. The number of methoxy groups -OCH3 is 1. The SMILES string of the molecule is COc1cccc(C2Nc3ccccc3-n3c2c2c(C)c(O)n(C)c(=O)c2c3-c2cccc(C)c2)c1. The van der Waals surface area contributed by atoms with Crippen molar-refractivity contribution in [2.75, 3.05) is 12.4 Å². The van der Waals surface area contributed by atoms with Gasteiger partial charge in [-0.15, -0.1) is 0 Å². The zero-order valence-corrected chi connectivity index (χ0v) is 20.7. The van der Waals surface area contributed by atoms with E-state index in [2.05, 4.69) is 47.1 Å². The van der Waals surface area contributed by atoms with Gasteiger partial charge in [0, 0.05) is 18.0 Å². The van der Waals surface area contributed by atoms with Crippen LogP contribution in [0.15, 0.2) is 77.6 Å². The topological polar surface area (TPSA) is 68.4 Å². The maximum absolute atomic E-state index is 13.8. The summed E-state index contributed by atoms with van der Waals surface area (Å²) in [5.74, 6) is 0.727. The van der Waals surface area contributed by atoms with Crippen molar-refractivity contribution in [3.63, 3.8) is 0 Å². The third-order valence-corrected chi connectivity index (χ3v) is 7.19. The highest BCUT2D eigenvalue weighted by Gasteiger charge is 2.34. The maximum atomic E-state index is 13.8. The van der Waals surface area contributed by atoms with E-state index in [1.165, 1.54) is 4.57 Å². The van der Waals surface area contributed by atoms with Crippen LogP contribution in [0, 0.1) is 13.8 Å². The van der Waals surface area contributed by atoms with Crippen LogP contribution in [0.1, 0.15) is 28.4 Å². The van der Waals surface area contributed by atoms with Gasteiger partial charge in [0.1, 0.15) is 5.75 Å². The third-order valence-electron chi connectivity index (χ3n) is 7.19. The molecule has 3 heterocycles. The Balaban J connectivity index is 1.84. The fraction of sp³-hybridized carbons (Fsp3) is 0.167. The van der Waals surface area contributed by atoms with Gasteiger partial charge in [-0.1, -0.05) is 48.0 Å². The molecule has 1 unspecified atom stereocenters. The Bertz CT molecular complexity index is 1730. The van der Waals surface area contributed by atoms with Crippen LogP contribution in [0.2, 0.25) is 0 Å². The summed E-state index contributed by atoms with van der Waals surface area (Å²) < 4.78 is 9.06. The molecule has 6 nitrogen and oxygen atoms in total. The summed E-state index contributed by atoms with van der Waals surface area (Å²) in [6.45, 7) is 3.93. The van der Waals surface area contributed by atoms with Gasteiger partial charge in [0.2, 0.25) is 0 Å². The maximum Gasteiger partial charge on any atom is 0.263 e. The Labute approximate surface area is 209 Å². The molecule has 0 aliphatic carbocycles. The van der Waals surface area contributed by atoms with E-state index in [0.29, 0.717) is 10.9 Å². The van der Waals surface area contributed by atoms with Gasteiger partial charge >= 0.3 is 0 Å². The number of pyridine rings is 1. The minimum atomic E-state index is -0.277. The van der Waals surface area contributed by atoms with Crippen molar-refractivity contribution in [2.24, 2.45) is 7.05 Å². The minimum Gasteiger partial charge on any atom is -0.497 e. The lowest BCUT2D eigenvalue weighted by atomic mass is 9.96. The second kappa shape index (κ2) is 8.05. The number of aromatic nitrogens is 2. The minimum absolute atomic E-state index is 0.0278. The molecule has 1 aliphatic heterocycles. The molecule has 0 saturated heterocycles. The predicted octanol–water partition coefficient (Wildman–Crippen LogP) is 5.84. The Morgan fingerprint density at radius 3 is 2.50 bits per heavy atom. The molecule has 0 amide bonds. The molecule has 0 spiro atoms. The molecule has 1 aliphatic rings. The number of aromatic hydroxyl groups is 1. The van der Waals surface area contributed by atoms with Gasteiger partial charge in [0.25, 0.3) is 5.56 Å². The molecule has 3 aromatic carbocycles. The molecule has 6 rings (SSSR count). The number of nitrogens with one attached hydrogen (secondary N) is 1. The second-order valence-corrected chi connectivity index (χ2v) is 9.37. The van der Waals surface area contributed by atoms with E-state index in [9.17, 15) is 9.90 Å². The summed E-state index contributed by atoms with van der Waals surface area (Å²) in [7, 11) is 3.27. The summed E-state index contributed by atoms with van der Waals surface area (Å²) in [6, 6.07) is 24.0. The highest BCUT2D eigenvalue weighted by Crippen LogP contribution is 2.47. The Hall–Kier alpha value is -4.45. The van der Waals surface area contributed by atoms with Crippen molar-refractivity contribution < 1.29 is 9.84 Å². The van der Waals surface area contributed by atoms with E-state index < -0.39 is 0 Å². The Kier molecular flexibility index (Phi) is 4.93. The van der Waals surface area contributed by atoms with E-state index in [4.69, 9.17) is 4.74 Å². The number of nitrogens with zero attached hydrogens (tertiary/aromatic N) is 2. The van der Waals surface area contributed by atoms with Crippen molar-refractivity contribution in [3.05, 3.63) is 106 Å². The Morgan fingerprint density at radius 1 is 0.944 bits per heavy atom. The normalized spacial score (nSPS) is 14.3. The molecule has 36 heavy (non-hydrogen) atoms. The lowest BCUT2D eigenvalue weighted by molar-refractivity contribution is 0.414. The molecule has 0 fully saturated rings. The van der Waals surface area contributed by atoms with Gasteiger partial charge in [-0.2, -0.15) is 0 Å². The van der Waals surface area contributed by atoms with Crippen LogP contribution >= 0.6 is 0 Å². The van der Waals surface area contributed by atoms with Gasteiger partial charge in [-0.3, -0.25) is 9.36 Å². The van der Waals surface area contributed by atoms with E-state index in [0.717, 1.165) is 50.6 Å². The van der Waals surface area contributed by atoms with Crippen molar-refractivity contribution in [1.29, 1.82) is 0 Å². The number of rotatable bonds is 3. The molecule has 6 heteroatoms. The molecule has 180 valence electrons. The first-order valence-corrected chi connectivity index (χ1v) is 11.9. The van der Waals surface area contributed by atoms with Gasteiger partial charge in [-0.25, -0.2) is 0 Å². The number of aryl methyl sites for hydroxylation is 2. The van der Waals surface area contributed by atoms with Crippen LogP contribution in [0.5, 0.6) is 11.6 Å². The highest BCUT2D eigenvalue weighted by atomic mass is 16.5. The number of ether oxygens (including phenoxy) is 1. The quantitative estimate of drug-likeness (QED) is 0.342. The lowest BCUT2D eigenvalue weighted by Crippen LogP contribution is -2.23. The number of hydrogen-bond acceptors (Lipinski definition) is 4. The molecule has 5 aromatic rings. The van der Waals surface area contributed by atoms with Crippen molar-refractivity contribution >= 4 is 16.5 Å². The fourth-order valence-corrected chi connectivity index (χ4v) is 5.47. The lowest BCUT2D eigenvalue weighted by Gasteiger charge is -2.31. The number of fused-ring (bicyclic) bond motifs is 5. The smallest absolute Gasteiger partial charge is 0.263 e. The molecular formula is C30H27N3O3. The molecule has 0 saturated carbocycles. The summed E-state index contributed by atoms with van der Waals surface area (Å²) in [4.78, 5) is 13.8. The van der Waals surface area contributed by atoms with Crippen LogP contribution in [0.3, 0.4) is 0 Å². The zero-order chi connectivity index (χ0) is 25.1. The van der Waals surface area contributed by atoms with Crippen molar-refractivity contribution in [2.45, 2.75) is 19.9 Å². The number of para-hydroxylation sites is 2. The Morgan fingerprint density at radius 2 is 1.72 bits per heavy atom. The van der Waals surface area contributed by atoms with Gasteiger partial charge in [-0.05, 0) is 55.3 Å². The second-order valence-electron chi connectivity index (χ2n) is 9.37. The third kappa shape index (κ3) is 3.07. The van der Waals surface area contributed by atoms with E-state index in [-0.39, 0.29) is 17.5 Å². The van der Waals surface area contributed by atoms with E-state index >= 15 is 0 Å². The fourth-order valence-electron chi connectivity index (χ4n) is 5.47. The zero-order valence-electron chi connectivity index (χ0n) is 20.7. The molecule has 0 radical (unpaired) electrons. The van der Waals surface area contributed by atoms with Crippen molar-refractivity contribution in [1.82, 2.24) is 9.13 Å². The highest BCUT2D eigenvalue weighted by molar-refractivity contribution is 6.03. The largest absolute Gasteiger partial charge is 0.497 e. The van der Waals surface area contributed by atoms with Crippen LogP contribution in [0.4, 0.5) is 5.69 Å². The number of anilines is 1. The molecular weight excluding hydrogens is 450 g/mol. The standard InChI is InChI=1S/C30H27N3O3/c1-17-9-7-11-20(15-17)27-25-24(18(2)29(34)32(3)30(25)35)28-26(19-10-8-12-21(16-19)36-4)31-22-13-5-6-14-23(22)33(27)28/h5-16,26,31,34H,1-4H3. The molecule has 2 N–H and O–H groups in total. The summed E-state index contributed by atoms with van der Waals surface area (Å²) in [5.41, 5.74) is 7.17.